The summed E-state index contributed by atoms with van der Waals surface area (Å²) in [5.41, 5.74) is 4.03. The van der Waals surface area contributed by atoms with Gasteiger partial charge < -0.3 is 15.3 Å². The maximum Gasteiger partial charge on any atom is 0.330 e. The molecule has 0 fully saturated rings. The average molecular weight is 328 g/mol. The third kappa shape index (κ3) is 4.00. The molecule has 2 rings (SSSR count). The Morgan fingerprint density at radius 2 is 1.62 bits per heavy atom. The highest BCUT2D eigenvalue weighted by atomic mass is 16.4. The molecule has 1 aliphatic carbocycles. The molecule has 1 aliphatic rings. The Bertz CT molecular complexity index is 768. The molecule has 0 spiro atoms. The van der Waals surface area contributed by atoms with Crippen molar-refractivity contribution >= 4 is 17.5 Å². The van der Waals surface area contributed by atoms with Gasteiger partial charge in [-0.05, 0) is 55.0 Å². The van der Waals surface area contributed by atoms with E-state index in [1.165, 1.54) is 6.92 Å². The van der Waals surface area contributed by atoms with Crippen LogP contribution < -0.4 is 0 Å². The van der Waals surface area contributed by atoms with Crippen molar-refractivity contribution in [2.24, 2.45) is 0 Å². The lowest BCUT2D eigenvalue weighted by molar-refractivity contribution is -0.133. The predicted molar refractivity (Wildman–Crippen MR) is 90.5 cm³/mol. The normalized spacial score (nSPS) is 17.5. The van der Waals surface area contributed by atoms with Crippen LogP contribution in [0.3, 0.4) is 0 Å². The smallest absolute Gasteiger partial charge is 0.330 e. The number of fused-ring (bicyclic) bond motifs is 1. The molecule has 3 N–H and O–H groups in total. The first-order valence-corrected chi connectivity index (χ1v) is 7.61. The van der Waals surface area contributed by atoms with Crippen LogP contribution in [-0.2, 0) is 16.0 Å². The number of aliphatic hydroxyl groups excluding tert-OH is 1. The lowest BCUT2D eigenvalue weighted by Crippen LogP contribution is -1.98. The van der Waals surface area contributed by atoms with Gasteiger partial charge >= 0.3 is 11.9 Å². The van der Waals surface area contributed by atoms with Crippen molar-refractivity contribution in [1.29, 1.82) is 0 Å². The number of aliphatic hydroxyl groups is 1. The van der Waals surface area contributed by atoms with Crippen molar-refractivity contribution < 1.29 is 24.9 Å². The molecule has 1 atom stereocenters. The second-order valence-electron chi connectivity index (χ2n) is 5.85. The minimum Gasteiger partial charge on any atom is -0.478 e. The number of benzene rings is 1. The first kappa shape index (κ1) is 17.7. The SMILES string of the molecule is C/C(=C/CC1=CC(O)c2ccc(C/C=C(/C)C(=O)O)cc21)C(=O)O. The van der Waals surface area contributed by atoms with Gasteiger partial charge in [-0.1, -0.05) is 30.4 Å². The Hall–Kier alpha value is -2.66. The number of aliphatic carboxylic acids is 2. The van der Waals surface area contributed by atoms with Crippen LogP contribution in [0.15, 0.2) is 47.6 Å². The van der Waals surface area contributed by atoms with E-state index in [9.17, 15) is 14.7 Å². The number of rotatable bonds is 6. The summed E-state index contributed by atoms with van der Waals surface area (Å²) in [5.74, 6) is -1.90. The minimum absolute atomic E-state index is 0.259. The van der Waals surface area contributed by atoms with Gasteiger partial charge in [0.2, 0.25) is 0 Å². The maximum atomic E-state index is 10.9. The van der Waals surface area contributed by atoms with E-state index in [4.69, 9.17) is 10.2 Å². The summed E-state index contributed by atoms with van der Waals surface area (Å²) in [6.07, 6.45) is 5.20. The van der Waals surface area contributed by atoms with Gasteiger partial charge in [-0.2, -0.15) is 0 Å². The molecule has 1 aromatic carbocycles. The van der Waals surface area contributed by atoms with Crippen molar-refractivity contribution in [1.82, 2.24) is 0 Å². The summed E-state index contributed by atoms with van der Waals surface area (Å²) >= 11 is 0. The first-order chi connectivity index (χ1) is 11.3. The monoisotopic (exact) mass is 328 g/mol. The molecule has 0 amide bonds. The Morgan fingerprint density at radius 1 is 1.04 bits per heavy atom. The van der Waals surface area contributed by atoms with E-state index < -0.39 is 18.0 Å². The molecular formula is C19H20O5. The van der Waals surface area contributed by atoms with Crippen LogP contribution >= 0.6 is 0 Å². The van der Waals surface area contributed by atoms with E-state index in [0.717, 1.165) is 22.3 Å². The number of hydrogen-bond acceptors (Lipinski definition) is 3. The number of carboxylic acids is 2. The molecule has 1 unspecified atom stereocenters. The number of allylic oxidation sites excluding steroid dienone is 3. The average Bonchev–Trinajstić information content (AvgIpc) is 2.85. The fourth-order valence-corrected chi connectivity index (χ4v) is 2.52. The lowest BCUT2D eigenvalue weighted by Gasteiger charge is -2.08. The van der Waals surface area contributed by atoms with E-state index in [-0.39, 0.29) is 11.1 Å². The van der Waals surface area contributed by atoms with Crippen molar-refractivity contribution in [3.05, 3.63) is 64.3 Å². The molecule has 5 heteroatoms. The number of carbonyl (C=O) groups is 2. The molecule has 126 valence electrons. The van der Waals surface area contributed by atoms with Crippen LogP contribution in [0, 0.1) is 0 Å². The van der Waals surface area contributed by atoms with E-state index in [1.54, 1.807) is 25.2 Å². The quantitative estimate of drug-likeness (QED) is 0.698. The number of hydrogen-bond donors (Lipinski definition) is 3. The molecule has 0 saturated carbocycles. The van der Waals surface area contributed by atoms with E-state index in [2.05, 4.69) is 0 Å². The third-order valence-electron chi connectivity index (χ3n) is 4.09. The Balaban J connectivity index is 2.24. The molecule has 0 saturated heterocycles. The van der Waals surface area contributed by atoms with Gasteiger partial charge in [0.15, 0.2) is 0 Å². The standard InChI is InChI=1S/C19H20O5/c1-11(18(21)22)3-5-13-6-8-15-16(9-13)14(10-17(15)20)7-4-12(2)19(23)24/h3-4,6,8-10,17,20H,5,7H2,1-2H3,(H,21,22)(H,23,24)/b11-3-,12-4-. The van der Waals surface area contributed by atoms with Crippen molar-refractivity contribution in [3.8, 4) is 0 Å². The third-order valence-corrected chi connectivity index (χ3v) is 4.09. The molecule has 0 aromatic heterocycles. The predicted octanol–water partition coefficient (Wildman–Crippen LogP) is 3.11. The first-order valence-electron chi connectivity index (χ1n) is 7.61. The summed E-state index contributed by atoms with van der Waals surface area (Å²) in [6.45, 7) is 3.08. The van der Waals surface area contributed by atoms with E-state index >= 15 is 0 Å². The second kappa shape index (κ2) is 7.27. The Labute approximate surface area is 140 Å². The van der Waals surface area contributed by atoms with E-state index in [1.807, 2.05) is 18.2 Å². The molecule has 0 heterocycles. The minimum atomic E-state index is -0.961. The maximum absolute atomic E-state index is 10.9. The van der Waals surface area contributed by atoms with Crippen LogP contribution in [0.5, 0.6) is 0 Å². The summed E-state index contributed by atoms with van der Waals surface area (Å²) in [6, 6.07) is 5.62. The fourth-order valence-electron chi connectivity index (χ4n) is 2.52. The van der Waals surface area contributed by atoms with Crippen LogP contribution in [0.1, 0.15) is 43.1 Å². The van der Waals surface area contributed by atoms with Gasteiger partial charge in [0.1, 0.15) is 0 Å². The molecule has 0 bridgehead atoms. The summed E-state index contributed by atoms with van der Waals surface area (Å²) in [5, 5.41) is 27.9. The van der Waals surface area contributed by atoms with Crippen LogP contribution in [0.25, 0.3) is 5.57 Å². The zero-order valence-corrected chi connectivity index (χ0v) is 13.6. The van der Waals surface area contributed by atoms with Crippen LogP contribution in [-0.4, -0.2) is 27.3 Å². The summed E-state index contributed by atoms with van der Waals surface area (Å²) in [7, 11) is 0. The molecule has 0 radical (unpaired) electrons. The fraction of sp³-hybridized carbons (Fsp3) is 0.263. The Morgan fingerprint density at radius 3 is 2.21 bits per heavy atom. The van der Waals surface area contributed by atoms with Crippen LogP contribution in [0.4, 0.5) is 0 Å². The molecule has 5 nitrogen and oxygen atoms in total. The zero-order chi connectivity index (χ0) is 17.9. The van der Waals surface area contributed by atoms with Gasteiger partial charge in [-0.3, -0.25) is 0 Å². The molecule has 1 aromatic rings. The van der Waals surface area contributed by atoms with Crippen LogP contribution in [0.2, 0.25) is 0 Å². The van der Waals surface area contributed by atoms with Gasteiger partial charge in [0.25, 0.3) is 0 Å². The summed E-state index contributed by atoms with van der Waals surface area (Å²) in [4.78, 5) is 21.7. The highest BCUT2D eigenvalue weighted by Crippen LogP contribution is 2.37. The van der Waals surface area contributed by atoms with Crippen molar-refractivity contribution in [2.75, 3.05) is 0 Å². The van der Waals surface area contributed by atoms with Crippen molar-refractivity contribution in [2.45, 2.75) is 32.8 Å². The zero-order valence-electron chi connectivity index (χ0n) is 13.6. The van der Waals surface area contributed by atoms with Gasteiger partial charge in [0, 0.05) is 11.1 Å². The highest BCUT2D eigenvalue weighted by molar-refractivity contribution is 5.87. The summed E-state index contributed by atoms with van der Waals surface area (Å²) < 4.78 is 0. The Kier molecular flexibility index (Phi) is 5.36. The molecule has 24 heavy (non-hydrogen) atoms. The molecular weight excluding hydrogens is 308 g/mol. The number of carboxylic acid groups (broad SMARTS) is 2. The van der Waals surface area contributed by atoms with Gasteiger partial charge in [-0.15, -0.1) is 0 Å². The highest BCUT2D eigenvalue weighted by Gasteiger charge is 2.21. The largest absolute Gasteiger partial charge is 0.478 e. The second-order valence-corrected chi connectivity index (χ2v) is 5.85. The van der Waals surface area contributed by atoms with Gasteiger partial charge in [0.05, 0.1) is 6.10 Å². The van der Waals surface area contributed by atoms with E-state index in [0.29, 0.717) is 12.8 Å². The lowest BCUT2D eigenvalue weighted by atomic mass is 9.98. The van der Waals surface area contributed by atoms with Gasteiger partial charge in [-0.25, -0.2) is 9.59 Å². The van der Waals surface area contributed by atoms with Crippen molar-refractivity contribution in [3.63, 3.8) is 0 Å². The molecule has 0 aliphatic heterocycles. The topological polar surface area (TPSA) is 94.8 Å².